The van der Waals surface area contributed by atoms with Crippen molar-refractivity contribution in [3.8, 4) is 5.88 Å². The quantitative estimate of drug-likeness (QED) is 0.419. The topological polar surface area (TPSA) is 72.8 Å². The molecule has 0 bridgehead atoms. The summed E-state index contributed by atoms with van der Waals surface area (Å²) in [5.74, 6) is -0.644. The van der Waals surface area contributed by atoms with Gasteiger partial charge in [-0.05, 0) is 55.0 Å². The van der Waals surface area contributed by atoms with Crippen LogP contribution in [0.2, 0.25) is 5.02 Å². The molecule has 3 aromatic rings. The van der Waals surface area contributed by atoms with E-state index in [-0.39, 0.29) is 16.7 Å². The molecule has 0 saturated carbocycles. The minimum absolute atomic E-state index is 0.0884. The van der Waals surface area contributed by atoms with Crippen molar-refractivity contribution in [2.75, 3.05) is 5.32 Å². The molecule has 24 heavy (non-hydrogen) atoms. The Labute approximate surface area is 147 Å². The van der Waals surface area contributed by atoms with Crippen LogP contribution in [0.5, 0.6) is 5.88 Å². The van der Waals surface area contributed by atoms with E-state index in [4.69, 9.17) is 23.8 Å². The van der Waals surface area contributed by atoms with Crippen LogP contribution in [0.4, 0.5) is 15.8 Å². The number of aromatic nitrogens is 1. The summed E-state index contributed by atoms with van der Waals surface area (Å²) in [6.07, 6.45) is 0. The molecule has 0 amide bonds. The van der Waals surface area contributed by atoms with Crippen molar-refractivity contribution in [3.05, 3.63) is 52.8 Å². The van der Waals surface area contributed by atoms with E-state index in [0.29, 0.717) is 21.6 Å². The Hall–Kier alpha value is -2.51. The van der Waals surface area contributed by atoms with E-state index in [1.54, 1.807) is 12.1 Å². The molecule has 3 rings (SSSR count). The van der Waals surface area contributed by atoms with Gasteiger partial charge in [0.2, 0.25) is 11.0 Å². The molecule has 0 fully saturated rings. The molecular weight excluding hydrogens is 351 g/mol. The van der Waals surface area contributed by atoms with Crippen molar-refractivity contribution >= 4 is 51.2 Å². The first-order valence-electron chi connectivity index (χ1n) is 6.93. The molecule has 0 saturated heterocycles. The first-order valence-corrected chi connectivity index (χ1v) is 7.72. The van der Waals surface area contributed by atoms with Crippen LogP contribution in [0.3, 0.4) is 0 Å². The van der Waals surface area contributed by atoms with Crippen LogP contribution in [0, 0.1) is 12.7 Å². The molecular formula is C16H12ClFN4OS. The van der Waals surface area contributed by atoms with Crippen molar-refractivity contribution in [2.24, 2.45) is 10.2 Å². The molecule has 0 spiro atoms. The molecule has 1 heterocycles. The van der Waals surface area contributed by atoms with E-state index in [9.17, 15) is 9.50 Å². The fraction of sp³-hybridized carbons (Fsp3) is 0.0625. The Morgan fingerprint density at radius 1 is 1.33 bits per heavy atom. The van der Waals surface area contributed by atoms with E-state index < -0.39 is 5.82 Å². The second-order valence-corrected chi connectivity index (χ2v) is 5.85. The minimum Gasteiger partial charge on any atom is -0.493 e. The van der Waals surface area contributed by atoms with Crippen molar-refractivity contribution in [2.45, 2.75) is 6.92 Å². The standard InChI is InChI=1S/C16H12ClFN4OS/c1-8-11(17)3-2-4-12(8)20-16(24)22-21-14-10-7-9(18)5-6-13(10)19-15(14)23/h2-7,19,23H,1H3,(H,20,24). The summed E-state index contributed by atoms with van der Waals surface area (Å²) >= 11 is 11.2. The smallest absolute Gasteiger partial charge is 0.218 e. The maximum Gasteiger partial charge on any atom is 0.218 e. The second-order valence-electron chi connectivity index (χ2n) is 5.05. The van der Waals surface area contributed by atoms with E-state index in [0.717, 1.165) is 5.56 Å². The SMILES string of the molecule is Cc1c(Cl)cccc1NC(=S)N=Nc1c(O)[nH]c2ccc(F)cc12. The highest BCUT2D eigenvalue weighted by atomic mass is 35.5. The third-order valence-corrected chi connectivity index (χ3v) is 4.06. The zero-order valence-corrected chi connectivity index (χ0v) is 14.0. The molecule has 0 aliphatic carbocycles. The van der Waals surface area contributed by atoms with Gasteiger partial charge in [0, 0.05) is 16.1 Å². The summed E-state index contributed by atoms with van der Waals surface area (Å²) in [6.45, 7) is 1.85. The number of aromatic amines is 1. The van der Waals surface area contributed by atoms with Crippen LogP contribution >= 0.6 is 23.8 Å². The van der Waals surface area contributed by atoms with Gasteiger partial charge in [-0.3, -0.25) is 0 Å². The van der Waals surface area contributed by atoms with Crippen LogP contribution in [0.1, 0.15) is 5.56 Å². The van der Waals surface area contributed by atoms with Gasteiger partial charge in [0.25, 0.3) is 0 Å². The largest absolute Gasteiger partial charge is 0.493 e. The summed E-state index contributed by atoms with van der Waals surface area (Å²) in [4.78, 5) is 2.70. The molecule has 0 unspecified atom stereocenters. The fourth-order valence-corrected chi connectivity index (χ4v) is 2.54. The number of H-pyrrole nitrogens is 1. The van der Waals surface area contributed by atoms with Gasteiger partial charge in [-0.1, -0.05) is 17.7 Å². The van der Waals surface area contributed by atoms with E-state index in [1.807, 2.05) is 13.0 Å². The lowest BCUT2D eigenvalue weighted by molar-refractivity contribution is 0.459. The van der Waals surface area contributed by atoms with Crippen molar-refractivity contribution in [1.82, 2.24) is 4.98 Å². The molecule has 3 N–H and O–H groups in total. The number of fused-ring (bicyclic) bond motifs is 1. The normalized spacial score (nSPS) is 11.3. The van der Waals surface area contributed by atoms with Crippen LogP contribution in [-0.4, -0.2) is 15.2 Å². The lowest BCUT2D eigenvalue weighted by Gasteiger charge is -2.07. The number of halogens is 2. The van der Waals surface area contributed by atoms with Gasteiger partial charge in [0.15, 0.2) is 5.69 Å². The summed E-state index contributed by atoms with van der Waals surface area (Å²) in [6, 6.07) is 9.42. The Kier molecular flexibility index (Phi) is 4.46. The highest BCUT2D eigenvalue weighted by molar-refractivity contribution is 7.80. The predicted octanol–water partition coefficient (Wildman–Crippen LogP) is 5.46. The molecule has 0 aliphatic rings. The monoisotopic (exact) mass is 362 g/mol. The summed E-state index contributed by atoms with van der Waals surface area (Å²) < 4.78 is 13.4. The van der Waals surface area contributed by atoms with Crippen LogP contribution in [0.25, 0.3) is 10.9 Å². The molecule has 122 valence electrons. The molecule has 8 heteroatoms. The first-order chi connectivity index (χ1) is 11.5. The zero-order valence-electron chi connectivity index (χ0n) is 12.5. The van der Waals surface area contributed by atoms with Crippen LogP contribution in [0.15, 0.2) is 46.6 Å². The molecule has 5 nitrogen and oxygen atoms in total. The number of aromatic hydroxyl groups is 1. The summed E-state index contributed by atoms with van der Waals surface area (Å²) in [5.41, 5.74) is 2.21. The highest BCUT2D eigenvalue weighted by Gasteiger charge is 2.11. The fourth-order valence-electron chi connectivity index (χ4n) is 2.22. The van der Waals surface area contributed by atoms with Crippen LogP contribution < -0.4 is 5.32 Å². The number of hydrogen-bond donors (Lipinski definition) is 3. The number of azo groups is 1. The molecule has 0 radical (unpaired) electrons. The average molecular weight is 363 g/mol. The lowest BCUT2D eigenvalue weighted by Crippen LogP contribution is -2.06. The summed E-state index contributed by atoms with van der Waals surface area (Å²) in [7, 11) is 0. The number of benzene rings is 2. The number of hydrogen-bond acceptors (Lipinski definition) is 3. The first kappa shape index (κ1) is 16.4. The Morgan fingerprint density at radius 2 is 2.12 bits per heavy atom. The van der Waals surface area contributed by atoms with Crippen LogP contribution in [-0.2, 0) is 0 Å². The van der Waals surface area contributed by atoms with Gasteiger partial charge in [0.05, 0.1) is 5.52 Å². The van der Waals surface area contributed by atoms with E-state index in [2.05, 4.69) is 20.5 Å². The molecule has 0 aliphatic heterocycles. The maximum atomic E-state index is 13.4. The molecule has 1 aromatic heterocycles. The van der Waals surface area contributed by atoms with Gasteiger partial charge < -0.3 is 15.4 Å². The zero-order chi connectivity index (χ0) is 17.3. The minimum atomic E-state index is -0.437. The molecule has 2 aromatic carbocycles. The highest BCUT2D eigenvalue weighted by Crippen LogP contribution is 2.35. The Morgan fingerprint density at radius 3 is 2.92 bits per heavy atom. The Balaban J connectivity index is 1.85. The van der Waals surface area contributed by atoms with Crippen molar-refractivity contribution in [1.29, 1.82) is 0 Å². The predicted molar refractivity (Wildman–Crippen MR) is 96.8 cm³/mol. The van der Waals surface area contributed by atoms with Crippen molar-refractivity contribution in [3.63, 3.8) is 0 Å². The number of thiocarbonyl (C=S) groups is 1. The van der Waals surface area contributed by atoms with Gasteiger partial charge in [-0.2, -0.15) is 0 Å². The lowest BCUT2D eigenvalue weighted by atomic mass is 10.2. The van der Waals surface area contributed by atoms with Gasteiger partial charge in [-0.25, -0.2) is 4.39 Å². The Bertz CT molecular complexity index is 970. The van der Waals surface area contributed by atoms with Gasteiger partial charge >= 0.3 is 0 Å². The number of rotatable bonds is 2. The number of nitrogens with zero attached hydrogens (tertiary/aromatic N) is 2. The maximum absolute atomic E-state index is 13.4. The third kappa shape index (κ3) is 3.22. The van der Waals surface area contributed by atoms with Gasteiger partial charge in [-0.15, -0.1) is 10.2 Å². The van der Waals surface area contributed by atoms with E-state index >= 15 is 0 Å². The third-order valence-electron chi connectivity index (χ3n) is 3.46. The van der Waals surface area contributed by atoms with Crippen molar-refractivity contribution < 1.29 is 9.50 Å². The summed E-state index contributed by atoms with van der Waals surface area (Å²) in [5, 5.41) is 21.7. The van der Waals surface area contributed by atoms with Gasteiger partial charge in [0.1, 0.15) is 5.82 Å². The van der Waals surface area contributed by atoms with E-state index in [1.165, 1.54) is 18.2 Å². The average Bonchev–Trinajstić information content (AvgIpc) is 2.84. The number of nitrogens with one attached hydrogen (secondary N) is 2. The number of anilines is 1. The second kappa shape index (κ2) is 6.54. The molecule has 0 atom stereocenters.